The van der Waals surface area contributed by atoms with Gasteiger partial charge in [0.25, 0.3) is 0 Å². The van der Waals surface area contributed by atoms with Crippen molar-refractivity contribution in [2.45, 2.75) is 19.8 Å². The molecule has 0 atom stereocenters. The van der Waals surface area contributed by atoms with E-state index in [2.05, 4.69) is 23.9 Å². The Bertz CT molecular complexity index is 820. The maximum absolute atomic E-state index is 13.1. The van der Waals surface area contributed by atoms with Crippen LogP contribution in [0.4, 0.5) is 4.39 Å². The number of hydrogen-bond acceptors (Lipinski definition) is 3. The van der Waals surface area contributed by atoms with E-state index in [-0.39, 0.29) is 11.6 Å². The van der Waals surface area contributed by atoms with E-state index in [1.54, 1.807) is 16.8 Å². The second-order valence-electron chi connectivity index (χ2n) is 5.58. The molecule has 0 amide bonds. The van der Waals surface area contributed by atoms with Gasteiger partial charge in [-0.3, -0.25) is 4.79 Å². The van der Waals surface area contributed by atoms with E-state index in [0.717, 1.165) is 5.56 Å². The highest BCUT2D eigenvalue weighted by Crippen LogP contribution is 2.23. The number of carbonyl (C=O) groups excluding carboxylic acids is 1. The van der Waals surface area contributed by atoms with Gasteiger partial charge in [-0.15, -0.1) is 5.10 Å². The predicted octanol–water partition coefficient (Wildman–Crippen LogP) is 4.01. The standard InChI is InChI=1S/C18H16FN3O/c1-12(2)13-3-5-14(6-4-13)18-20-17(11-23)21-22(18)16-9-7-15(19)8-10-16/h3-12H,1-2H3. The van der Waals surface area contributed by atoms with Crippen LogP contribution in [0.5, 0.6) is 0 Å². The first-order valence-corrected chi connectivity index (χ1v) is 7.37. The summed E-state index contributed by atoms with van der Waals surface area (Å²) < 4.78 is 14.7. The molecule has 0 spiro atoms. The Hall–Kier alpha value is -2.82. The molecule has 4 nitrogen and oxygen atoms in total. The average molecular weight is 309 g/mol. The summed E-state index contributed by atoms with van der Waals surface area (Å²) >= 11 is 0. The Morgan fingerprint density at radius 3 is 2.26 bits per heavy atom. The largest absolute Gasteiger partial charge is 0.294 e. The molecule has 3 aromatic rings. The summed E-state index contributed by atoms with van der Waals surface area (Å²) in [5, 5.41) is 4.18. The summed E-state index contributed by atoms with van der Waals surface area (Å²) in [7, 11) is 0. The van der Waals surface area contributed by atoms with Gasteiger partial charge in [0.2, 0.25) is 5.82 Å². The van der Waals surface area contributed by atoms with Crippen molar-refractivity contribution in [2.24, 2.45) is 0 Å². The molecule has 0 fully saturated rings. The first-order valence-electron chi connectivity index (χ1n) is 7.37. The molecule has 0 N–H and O–H groups in total. The first kappa shape index (κ1) is 15.1. The maximum atomic E-state index is 13.1. The molecule has 0 radical (unpaired) electrons. The zero-order valence-corrected chi connectivity index (χ0v) is 12.9. The zero-order valence-electron chi connectivity index (χ0n) is 12.9. The van der Waals surface area contributed by atoms with Crippen LogP contribution >= 0.6 is 0 Å². The van der Waals surface area contributed by atoms with Crippen LogP contribution in [0.3, 0.4) is 0 Å². The van der Waals surface area contributed by atoms with Gasteiger partial charge in [-0.25, -0.2) is 14.1 Å². The highest BCUT2D eigenvalue weighted by molar-refractivity contribution is 5.71. The van der Waals surface area contributed by atoms with Crippen molar-refractivity contribution in [2.75, 3.05) is 0 Å². The normalized spacial score (nSPS) is 11.0. The van der Waals surface area contributed by atoms with Crippen molar-refractivity contribution in [3.05, 3.63) is 65.7 Å². The minimum atomic E-state index is -0.327. The third-order valence-electron chi connectivity index (χ3n) is 3.64. The summed E-state index contributed by atoms with van der Waals surface area (Å²) in [6.07, 6.45) is 0.603. The molecule has 116 valence electrons. The lowest BCUT2D eigenvalue weighted by Gasteiger charge is -2.08. The fourth-order valence-electron chi connectivity index (χ4n) is 2.34. The molecule has 0 saturated carbocycles. The van der Waals surface area contributed by atoms with Crippen molar-refractivity contribution in [3.63, 3.8) is 0 Å². The summed E-state index contributed by atoms with van der Waals surface area (Å²) in [4.78, 5) is 15.3. The van der Waals surface area contributed by atoms with E-state index in [1.165, 1.54) is 17.7 Å². The van der Waals surface area contributed by atoms with Crippen LogP contribution in [-0.4, -0.2) is 21.1 Å². The van der Waals surface area contributed by atoms with Crippen LogP contribution in [-0.2, 0) is 0 Å². The Morgan fingerprint density at radius 2 is 1.70 bits per heavy atom. The van der Waals surface area contributed by atoms with Crippen LogP contribution < -0.4 is 0 Å². The maximum Gasteiger partial charge on any atom is 0.215 e. The summed E-state index contributed by atoms with van der Waals surface area (Å²) in [5.41, 5.74) is 2.71. The van der Waals surface area contributed by atoms with Crippen LogP contribution in [0.2, 0.25) is 0 Å². The molecule has 1 aromatic heterocycles. The quantitative estimate of drug-likeness (QED) is 0.684. The van der Waals surface area contributed by atoms with Gasteiger partial charge < -0.3 is 0 Å². The van der Waals surface area contributed by atoms with Crippen molar-refractivity contribution >= 4 is 6.29 Å². The number of hydrogen-bond donors (Lipinski definition) is 0. The van der Waals surface area contributed by atoms with Crippen LogP contribution in [0.15, 0.2) is 48.5 Å². The van der Waals surface area contributed by atoms with Gasteiger partial charge in [0.1, 0.15) is 5.82 Å². The molecule has 0 bridgehead atoms. The van der Waals surface area contributed by atoms with Crippen molar-refractivity contribution < 1.29 is 9.18 Å². The monoisotopic (exact) mass is 309 g/mol. The minimum Gasteiger partial charge on any atom is -0.294 e. The van der Waals surface area contributed by atoms with Crippen LogP contribution in [0.1, 0.15) is 35.9 Å². The summed E-state index contributed by atoms with van der Waals surface area (Å²) in [6, 6.07) is 13.9. The number of rotatable bonds is 4. The second kappa shape index (κ2) is 6.12. The van der Waals surface area contributed by atoms with Gasteiger partial charge in [-0.05, 0) is 35.7 Å². The van der Waals surface area contributed by atoms with E-state index in [1.807, 2.05) is 24.3 Å². The van der Waals surface area contributed by atoms with Gasteiger partial charge >= 0.3 is 0 Å². The van der Waals surface area contributed by atoms with Crippen molar-refractivity contribution in [1.29, 1.82) is 0 Å². The molecular weight excluding hydrogens is 293 g/mol. The molecule has 3 rings (SSSR count). The molecular formula is C18H16FN3O. The highest BCUT2D eigenvalue weighted by atomic mass is 19.1. The van der Waals surface area contributed by atoms with Gasteiger partial charge in [0, 0.05) is 5.56 Å². The molecule has 0 unspecified atom stereocenters. The van der Waals surface area contributed by atoms with Gasteiger partial charge in [0.15, 0.2) is 12.1 Å². The first-order chi connectivity index (χ1) is 11.1. The number of carbonyl (C=O) groups is 1. The van der Waals surface area contributed by atoms with E-state index in [4.69, 9.17) is 0 Å². The second-order valence-corrected chi connectivity index (χ2v) is 5.58. The van der Waals surface area contributed by atoms with E-state index >= 15 is 0 Å². The summed E-state index contributed by atoms with van der Waals surface area (Å²) in [6.45, 7) is 4.25. The number of nitrogens with zero attached hydrogens (tertiary/aromatic N) is 3. The zero-order chi connectivity index (χ0) is 16.4. The molecule has 5 heteroatoms. The van der Waals surface area contributed by atoms with E-state index in [0.29, 0.717) is 23.7 Å². The highest BCUT2D eigenvalue weighted by Gasteiger charge is 2.13. The van der Waals surface area contributed by atoms with Crippen molar-refractivity contribution in [1.82, 2.24) is 14.8 Å². The number of benzene rings is 2. The fraction of sp³-hybridized carbons (Fsp3) is 0.167. The third kappa shape index (κ3) is 3.04. The lowest BCUT2D eigenvalue weighted by Crippen LogP contribution is -2.00. The van der Waals surface area contributed by atoms with Crippen LogP contribution in [0.25, 0.3) is 17.1 Å². The molecule has 0 aliphatic carbocycles. The molecule has 0 saturated heterocycles. The topological polar surface area (TPSA) is 47.8 Å². The predicted molar refractivity (Wildman–Crippen MR) is 86.2 cm³/mol. The van der Waals surface area contributed by atoms with E-state index < -0.39 is 0 Å². The lowest BCUT2D eigenvalue weighted by atomic mass is 10.0. The molecule has 1 heterocycles. The molecule has 0 aliphatic rings. The minimum absolute atomic E-state index is 0.0947. The summed E-state index contributed by atoms with van der Waals surface area (Å²) in [5.74, 6) is 0.753. The van der Waals surface area contributed by atoms with Crippen molar-refractivity contribution in [3.8, 4) is 17.1 Å². The molecule has 2 aromatic carbocycles. The molecule has 0 aliphatic heterocycles. The van der Waals surface area contributed by atoms with Gasteiger partial charge in [-0.2, -0.15) is 0 Å². The van der Waals surface area contributed by atoms with Gasteiger partial charge in [0.05, 0.1) is 5.69 Å². The Labute approximate surface area is 133 Å². The third-order valence-corrected chi connectivity index (χ3v) is 3.64. The van der Waals surface area contributed by atoms with E-state index in [9.17, 15) is 9.18 Å². The fourth-order valence-corrected chi connectivity index (χ4v) is 2.34. The number of aromatic nitrogens is 3. The SMILES string of the molecule is CC(C)c1ccc(-c2nc(C=O)nn2-c2ccc(F)cc2)cc1. The Kier molecular flexibility index (Phi) is 4.02. The molecule has 23 heavy (non-hydrogen) atoms. The number of halogens is 1. The van der Waals surface area contributed by atoms with Crippen LogP contribution in [0, 0.1) is 5.82 Å². The Morgan fingerprint density at radius 1 is 1.04 bits per heavy atom. The lowest BCUT2D eigenvalue weighted by molar-refractivity contribution is 0.111. The number of aldehydes is 1. The van der Waals surface area contributed by atoms with Gasteiger partial charge in [-0.1, -0.05) is 38.1 Å². The average Bonchev–Trinajstić information content (AvgIpc) is 3.00. The smallest absolute Gasteiger partial charge is 0.215 e. The Balaban J connectivity index is 2.09.